The second-order valence-electron chi connectivity index (χ2n) is 8.06. The number of esters is 1. The first-order valence-corrected chi connectivity index (χ1v) is 8.72. The molecule has 120 valence electrons. The Balaban J connectivity index is 1.69. The van der Waals surface area contributed by atoms with Crippen LogP contribution >= 0.6 is 0 Å². The molecule has 3 heteroatoms. The maximum absolute atomic E-state index is 12.9. The molecular formula is C20H23NO2. The maximum Gasteiger partial charge on any atom is 0.313 e. The molecule has 0 aliphatic heterocycles. The van der Waals surface area contributed by atoms with Crippen molar-refractivity contribution in [3.05, 3.63) is 35.9 Å². The largest absolute Gasteiger partial charge is 0.447 e. The molecule has 0 spiro atoms. The fraction of sp³-hybridized carbons (Fsp3) is 0.600. The molecule has 4 aliphatic carbocycles. The predicted octanol–water partition coefficient (Wildman–Crippen LogP) is 3.98. The lowest BCUT2D eigenvalue weighted by Gasteiger charge is -2.61. The van der Waals surface area contributed by atoms with E-state index in [1.54, 1.807) is 6.92 Å². The average molecular weight is 309 g/mol. The van der Waals surface area contributed by atoms with Crippen LogP contribution in [0.4, 0.5) is 0 Å². The van der Waals surface area contributed by atoms with Gasteiger partial charge in [-0.2, -0.15) is 5.26 Å². The molecule has 0 saturated heterocycles. The molecule has 1 aromatic rings. The summed E-state index contributed by atoms with van der Waals surface area (Å²) in [5.74, 6) is 1.13. The monoisotopic (exact) mass is 309 g/mol. The second kappa shape index (κ2) is 5.09. The molecule has 0 radical (unpaired) electrons. The zero-order chi connectivity index (χ0) is 16.1. The minimum Gasteiger partial charge on any atom is -0.447 e. The van der Waals surface area contributed by atoms with Crippen molar-refractivity contribution in [3.63, 3.8) is 0 Å². The molecule has 23 heavy (non-hydrogen) atoms. The fourth-order valence-electron chi connectivity index (χ4n) is 5.94. The molecule has 0 amide bonds. The van der Waals surface area contributed by atoms with Crippen molar-refractivity contribution < 1.29 is 9.53 Å². The highest BCUT2D eigenvalue weighted by molar-refractivity contribution is 5.78. The van der Waals surface area contributed by atoms with Crippen LogP contribution < -0.4 is 0 Å². The third kappa shape index (κ3) is 2.27. The number of ether oxygens (including phenoxy) is 1. The predicted molar refractivity (Wildman–Crippen MR) is 86.4 cm³/mol. The van der Waals surface area contributed by atoms with E-state index in [1.165, 1.54) is 24.8 Å². The summed E-state index contributed by atoms with van der Waals surface area (Å²) in [4.78, 5) is 12.9. The Bertz CT molecular complexity index is 646. The number of hydrogen-bond acceptors (Lipinski definition) is 3. The summed E-state index contributed by atoms with van der Waals surface area (Å²) in [6.07, 6.45) is 5.82. The molecule has 4 saturated carbocycles. The highest BCUT2D eigenvalue weighted by Crippen LogP contribution is 2.66. The van der Waals surface area contributed by atoms with Crippen LogP contribution in [0.5, 0.6) is 0 Å². The van der Waals surface area contributed by atoms with Crippen LogP contribution in [0.2, 0.25) is 0 Å². The van der Waals surface area contributed by atoms with Crippen LogP contribution in [0, 0.1) is 28.6 Å². The van der Waals surface area contributed by atoms with Crippen LogP contribution in [-0.4, -0.2) is 12.1 Å². The standard InChI is InChI=1S/C20H23NO2/c1-14(12-21)23-18(22)20-10-15-7-16(11-20)9-19(8-15,13-20)17-5-3-2-4-6-17/h2-6,14-16H,7-11,13H2,1H3/t14-,15-,16+,19?,20?/m1/s1. The highest BCUT2D eigenvalue weighted by atomic mass is 16.5. The van der Waals surface area contributed by atoms with Gasteiger partial charge in [0, 0.05) is 0 Å². The van der Waals surface area contributed by atoms with E-state index in [4.69, 9.17) is 10.00 Å². The van der Waals surface area contributed by atoms with Crippen LogP contribution in [0.15, 0.2) is 30.3 Å². The molecule has 0 aromatic heterocycles. The molecular weight excluding hydrogens is 286 g/mol. The van der Waals surface area contributed by atoms with Crippen molar-refractivity contribution in [2.75, 3.05) is 0 Å². The third-order valence-corrected chi connectivity index (χ3v) is 6.35. The molecule has 5 atom stereocenters. The van der Waals surface area contributed by atoms with Gasteiger partial charge in [-0.25, -0.2) is 0 Å². The van der Waals surface area contributed by atoms with Gasteiger partial charge >= 0.3 is 5.97 Å². The minimum absolute atomic E-state index is 0.124. The molecule has 3 nitrogen and oxygen atoms in total. The van der Waals surface area contributed by atoms with Crippen LogP contribution in [0.1, 0.15) is 51.0 Å². The molecule has 0 heterocycles. The lowest BCUT2D eigenvalue weighted by molar-refractivity contribution is -0.176. The van der Waals surface area contributed by atoms with Crippen molar-refractivity contribution in [1.82, 2.24) is 0 Å². The van der Waals surface area contributed by atoms with Crippen molar-refractivity contribution in [2.24, 2.45) is 17.3 Å². The van der Waals surface area contributed by atoms with Gasteiger partial charge in [0.25, 0.3) is 0 Å². The number of carbonyl (C=O) groups is 1. The maximum atomic E-state index is 12.9. The van der Waals surface area contributed by atoms with Crippen molar-refractivity contribution in [1.29, 1.82) is 5.26 Å². The first-order chi connectivity index (χ1) is 11.1. The fourth-order valence-corrected chi connectivity index (χ4v) is 5.94. The summed E-state index contributed by atoms with van der Waals surface area (Å²) < 4.78 is 5.47. The van der Waals surface area contributed by atoms with Gasteiger partial charge in [-0.1, -0.05) is 30.3 Å². The second-order valence-corrected chi connectivity index (χ2v) is 8.06. The number of hydrogen-bond donors (Lipinski definition) is 0. The van der Waals surface area contributed by atoms with E-state index in [2.05, 4.69) is 30.3 Å². The summed E-state index contributed by atoms with van der Waals surface area (Å²) in [5, 5.41) is 8.97. The first-order valence-electron chi connectivity index (χ1n) is 8.72. The van der Waals surface area contributed by atoms with Gasteiger partial charge < -0.3 is 4.74 Å². The van der Waals surface area contributed by atoms with Crippen LogP contribution in [0.3, 0.4) is 0 Å². The van der Waals surface area contributed by atoms with Gasteiger partial charge in [-0.15, -0.1) is 0 Å². The SMILES string of the molecule is C[C@H](C#N)OC(=O)C12C[C@H]3C[C@@H](C1)CC(c1ccccc1)(C3)C2. The number of carbonyl (C=O) groups excluding carboxylic acids is 1. The number of nitriles is 1. The molecule has 2 unspecified atom stereocenters. The van der Waals surface area contributed by atoms with Crippen molar-refractivity contribution >= 4 is 5.97 Å². The Labute approximate surface area is 137 Å². The molecule has 4 fully saturated rings. The van der Waals surface area contributed by atoms with Gasteiger partial charge in [0.05, 0.1) is 5.41 Å². The number of nitrogens with zero attached hydrogens (tertiary/aromatic N) is 1. The molecule has 1 aromatic carbocycles. The van der Waals surface area contributed by atoms with E-state index in [9.17, 15) is 4.79 Å². The smallest absolute Gasteiger partial charge is 0.313 e. The summed E-state index contributed by atoms with van der Waals surface area (Å²) in [6, 6.07) is 12.8. The summed E-state index contributed by atoms with van der Waals surface area (Å²) in [5.41, 5.74) is 1.17. The number of rotatable bonds is 3. The molecule has 0 N–H and O–H groups in total. The normalized spacial score (nSPS) is 38.8. The lowest BCUT2D eigenvalue weighted by Crippen LogP contribution is -2.57. The lowest BCUT2D eigenvalue weighted by atomic mass is 9.43. The Kier molecular flexibility index (Phi) is 3.27. The Morgan fingerprint density at radius 1 is 1.22 bits per heavy atom. The van der Waals surface area contributed by atoms with E-state index in [-0.39, 0.29) is 16.8 Å². The van der Waals surface area contributed by atoms with Crippen LogP contribution in [-0.2, 0) is 14.9 Å². The molecule has 4 bridgehead atoms. The molecule has 5 rings (SSSR count). The highest BCUT2D eigenvalue weighted by Gasteiger charge is 2.61. The average Bonchev–Trinajstić information content (AvgIpc) is 2.54. The number of benzene rings is 1. The van der Waals surface area contributed by atoms with Gasteiger partial charge in [0.2, 0.25) is 0 Å². The van der Waals surface area contributed by atoms with E-state index in [0.29, 0.717) is 11.8 Å². The summed E-state index contributed by atoms with van der Waals surface area (Å²) >= 11 is 0. The van der Waals surface area contributed by atoms with Gasteiger partial charge in [0.15, 0.2) is 6.10 Å². The van der Waals surface area contributed by atoms with E-state index in [0.717, 1.165) is 19.3 Å². The first kappa shape index (κ1) is 14.8. The van der Waals surface area contributed by atoms with Crippen molar-refractivity contribution in [2.45, 2.75) is 57.0 Å². The Hall–Kier alpha value is -1.82. The Morgan fingerprint density at radius 3 is 2.48 bits per heavy atom. The van der Waals surface area contributed by atoms with Crippen LogP contribution in [0.25, 0.3) is 0 Å². The summed E-state index contributed by atoms with van der Waals surface area (Å²) in [7, 11) is 0. The topological polar surface area (TPSA) is 50.1 Å². The van der Waals surface area contributed by atoms with Crippen molar-refractivity contribution in [3.8, 4) is 6.07 Å². The van der Waals surface area contributed by atoms with Gasteiger partial charge in [-0.05, 0) is 68.3 Å². The minimum atomic E-state index is -0.650. The Morgan fingerprint density at radius 2 is 1.87 bits per heavy atom. The van der Waals surface area contributed by atoms with E-state index >= 15 is 0 Å². The zero-order valence-corrected chi connectivity index (χ0v) is 13.6. The van der Waals surface area contributed by atoms with E-state index < -0.39 is 6.10 Å². The zero-order valence-electron chi connectivity index (χ0n) is 13.6. The molecule has 4 aliphatic rings. The quantitative estimate of drug-likeness (QED) is 0.794. The van der Waals surface area contributed by atoms with Gasteiger partial charge in [-0.3, -0.25) is 4.79 Å². The van der Waals surface area contributed by atoms with E-state index in [1.807, 2.05) is 6.07 Å². The third-order valence-electron chi connectivity index (χ3n) is 6.35. The van der Waals surface area contributed by atoms with Gasteiger partial charge in [0.1, 0.15) is 6.07 Å². The summed E-state index contributed by atoms with van der Waals surface area (Å²) in [6.45, 7) is 1.66.